The summed E-state index contributed by atoms with van der Waals surface area (Å²) in [7, 11) is 1.60. The molecule has 0 spiro atoms. The molecule has 1 heterocycles. The van der Waals surface area contributed by atoms with Gasteiger partial charge < -0.3 is 15.4 Å². The zero-order valence-corrected chi connectivity index (χ0v) is 11.5. The minimum absolute atomic E-state index is 0.0881. The van der Waals surface area contributed by atoms with E-state index in [2.05, 4.69) is 6.92 Å². The van der Waals surface area contributed by atoms with Gasteiger partial charge in [0.15, 0.2) is 0 Å². The summed E-state index contributed by atoms with van der Waals surface area (Å²) >= 11 is 0. The lowest BCUT2D eigenvalue weighted by molar-refractivity contribution is -0.160. The third kappa shape index (κ3) is 2.80. The Bertz CT molecular complexity index is 264. The maximum Gasteiger partial charge on any atom is 0.255 e. The van der Waals surface area contributed by atoms with Crippen LogP contribution in [0.5, 0.6) is 0 Å². The Hall–Kier alpha value is -0.610. The molecule has 1 saturated heterocycles. The van der Waals surface area contributed by atoms with Crippen molar-refractivity contribution >= 4 is 5.91 Å². The average Bonchev–Trinajstić information content (AvgIpc) is 2.36. The predicted molar refractivity (Wildman–Crippen MR) is 68.7 cm³/mol. The number of ether oxygens (including phenoxy) is 1. The van der Waals surface area contributed by atoms with Gasteiger partial charge in [-0.25, -0.2) is 0 Å². The highest BCUT2D eigenvalue weighted by atomic mass is 16.5. The van der Waals surface area contributed by atoms with Crippen LogP contribution in [0.1, 0.15) is 46.5 Å². The van der Waals surface area contributed by atoms with Gasteiger partial charge in [-0.3, -0.25) is 4.79 Å². The maximum atomic E-state index is 12.6. The molecule has 100 valence electrons. The SMILES string of the molecule is CCC(C)(OC)C(=O)N1C(C)CCCC1CN. The quantitative estimate of drug-likeness (QED) is 0.813. The van der Waals surface area contributed by atoms with Gasteiger partial charge in [-0.1, -0.05) is 6.92 Å². The number of nitrogens with zero attached hydrogens (tertiary/aromatic N) is 1. The molecule has 4 nitrogen and oxygen atoms in total. The summed E-state index contributed by atoms with van der Waals surface area (Å²) in [6, 6.07) is 0.443. The molecule has 3 atom stereocenters. The first-order valence-corrected chi connectivity index (χ1v) is 6.58. The van der Waals surface area contributed by atoms with Crippen molar-refractivity contribution in [3.63, 3.8) is 0 Å². The normalized spacial score (nSPS) is 28.9. The van der Waals surface area contributed by atoms with Crippen LogP contribution in [0.2, 0.25) is 0 Å². The predicted octanol–water partition coefficient (Wildman–Crippen LogP) is 1.53. The zero-order chi connectivity index (χ0) is 13.1. The minimum Gasteiger partial charge on any atom is -0.369 e. The van der Waals surface area contributed by atoms with Gasteiger partial charge in [0.25, 0.3) is 5.91 Å². The molecule has 0 aromatic carbocycles. The molecule has 1 amide bonds. The molecule has 0 radical (unpaired) electrons. The standard InChI is InChI=1S/C13H26N2O2/c1-5-13(3,17-4)12(16)15-10(2)7-6-8-11(15)9-14/h10-11H,5-9,14H2,1-4H3. The van der Waals surface area contributed by atoms with Crippen molar-refractivity contribution in [2.45, 2.75) is 64.1 Å². The minimum atomic E-state index is -0.709. The Morgan fingerprint density at radius 3 is 2.65 bits per heavy atom. The van der Waals surface area contributed by atoms with Crippen molar-refractivity contribution in [3.8, 4) is 0 Å². The van der Waals surface area contributed by atoms with E-state index >= 15 is 0 Å². The zero-order valence-electron chi connectivity index (χ0n) is 11.5. The Morgan fingerprint density at radius 2 is 2.18 bits per heavy atom. The summed E-state index contributed by atoms with van der Waals surface area (Å²) in [6.45, 7) is 6.49. The van der Waals surface area contributed by atoms with Crippen LogP contribution in [-0.2, 0) is 9.53 Å². The van der Waals surface area contributed by atoms with E-state index in [1.165, 1.54) is 0 Å². The molecule has 0 aliphatic carbocycles. The number of piperidine rings is 1. The molecular weight excluding hydrogens is 216 g/mol. The Kier molecular flexibility index (Phi) is 4.95. The molecule has 3 unspecified atom stereocenters. The van der Waals surface area contributed by atoms with Crippen molar-refractivity contribution in [1.82, 2.24) is 4.90 Å². The number of methoxy groups -OCH3 is 1. The highest BCUT2D eigenvalue weighted by molar-refractivity contribution is 5.85. The van der Waals surface area contributed by atoms with Gasteiger partial charge in [0.1, 0.15) is 5.60 Å². The molecule has 17 heavy (non-hydrogen) atoms. The first-order valence-electron chi connectivity index (χ1n) is 6.58. The molecule has 0 aromatic rings. The van der Waals surface area contributed by atoms with Crippen LogP contribution in [0.4, 0.5) is 0 Å². The lowest BCUT2D eigenvalue weighted by Crippen LogP contribution is -2.58. The number of rotatable bonds is 4. The van der Waals surface area contributed by atoms with E-state index < -0.39 is 5.60 Å². The molecule has 1 rings (SSSR count). The Morgan fingerprint density at radius 1 is 1.53 bits per heavy atom. The van der Waals surface area contributed by atoms with E-state index in [0.29, 0.717) is 13.0 Å². The second-order valence-corrected chi connectivity index (χ2v) is 5.17. The Labute approximate surface area is 104 Å². The molecular formula is C13H26N2O2. The molecule has 0 aromatic heterocycles. The molecule has 0 bridgehead atoms. The summed E-state index contributed by atoms with van der Waals surface area (Å²) in [5, 5.41) is 0. The van der Waals surface area contributed by atoms with Crippen LogP contribution in [-0.4, -0.2) is 42.1 Å². The molecule has 1 aliphatic heterocycles. The Balaban J connectivity index is 2.90. The fourth-order valence-electron chi connectivity index (χ4n) is 2.54. The summed E-state index contributed by atoms with van der Waals surface area (Å²) < 4.78 is 5.41. The van der Waals surface area contributed by atoms with Gasteiger partial charge in [-0.2, -0.15) is 0 Å². The van der Waals surface area contributed by atoms with Crippen LogP contribution in [0.25, 0.3) is 0 Å². The van der Waals surface area contributed by atoms with Gasteiger partial charge in [0.2, 0.25) is 0 Å². The topological polar surface area (TPSA) is 55.6 Å². The van der Waals surface area contributed by atoms with E-state index in [-0.39, 0.29) is 18.0 Å². The molecule has 1 aliphatic rings. The fourth-order valence-corrected chi connectivity index (χ4v) is 2.54. The van der Waals surface area contributed by atoms with Gasteiger partial charge in [-0.15, -0.1) is 0 Å². The third-order valence-electron chi connectivity index (χ3n) is 4.11. The number of hydrogen-bond donors (Lipinski definition) is 1. The van der Waals surface area contributed by atoms with Gasteiger partial charge >= 0.3 is 0 Å². The van der Waals surface area contributed by atoms with Crippen molar-refractivity contribution in [3.05, 3.63) is 0 Å². The van der Waals surface area contributed by atoms with Crippen molar-refractivity contribution < 1.29 is 9.53 Å². The van der Waals surface area contributed by atoms with Crippen LogP contribution >= 0.6 is 0 Å². The molecule has 4 heteroatoms. The van der Waals surface area contributed by atoms with Crippen molar-refractivity contribution in [2.24, 2.45) is 5.73 Å². The number of carbonyl (C=O) groups excluding carboxylic acids is 1. The van der Waals surface area contributed by atoms with Crippen LogP contribution in [0.15, 0.2) is 0 Å². The van der Waals surface area contributed by atoms with Crippen molar-refractivity contribution in [1.29, 1.82) is 0 Å². The molecule has 0 saturated carbocycles. The number of amides is 1. The summed E-state index contributed by atoms with van der Waals surface area (Å²) in [6.07, 6.45) is 3.91. The first-order chi connectivity index (χ1) is 8.00. The highest BCUT2D eigenvalue weighted by Gasteiger charge is 2.40. The van der Waals surface area contributed by atoms with E-state index in [4.69, 9.17) is 10.5 Å². The van der Waals surface area contributed by atoms with E-state index in [1.54, 1.807) is 7.11 Å². The van der Waals surface area contributed by atoms with Crippen LogP contribution in [0, 0.1) is 0 Å². The second kappa shape index (κ2) is 5.83. The first kappa shape index (κ1) is 14.5. The average molecular weight is 242 g/mol. The lowest BCUT2D eigenvalue weighted by Gasteiger charge is -2.44. The summed E-state index contributed by atoms with van der Waals surface area (Å²) in [5.74, 6) is 0.0881. The number of carbonyl (C=O) groups is 1. The molecule has 1 fully saturated rings. The number of nitrogens with two attached hydrogens (primary N) is 1. The highest BCUT2D eigenvalue weighted by Crippen LogP contribution is 2.27. The van der Waals surface area contributed by atoms with Gasteiger partial charge in [-0.05, 0) is 39.5 Å². The van der Waals surface area contributed by atoms with E-state index in [1.807, 2.05) is 18.7 Å². The summed E-state index contributed by atoms with van der Waals surface area (Å²) in [4.78, 5) is 14.6. The van der Waals surface area contributed by atoms with Crippen LogP contribution < -0.4 is 5.73 Å². The van der Waals surface area contributed by atoms with Crippen molar-refractivity contribution in [2.75, 3.05) is 13.7 Å². The van der Waals surface area contributed by atoms with Gasteiger partial charge in [0, 0.05) is 25.7 Å². The summed E-state index contributed by atoms with van der Waals surface area (Å²) in [5.41, 5.74) is 5.08. The second-order valence-electron chi connectivity index (χ2n) is 5.17. The monoisotopic (exact) mass is 242 g/mol. The van der Waals surface area contributed by atoms with Gasteiger partial charge in [0.05, 0.1) is 0 Å². The van der Waals surface area contributed by atoms with E-state index in [9.17, 15) is 4.79 Å². The van der Waals surface area contributed by atoms with E-state index in [0.717, 1.165) is 19.3 Å². The smallest absolute Gasteiger partial charge is 0.255 e. The molecule has 2 N–H and O–H groups in total. The maximum absolute atomic E-state index is 12.6. The third-order valence-corrected chi connectivity index (χ3v) is 4.11. The largest absolute Gasteiger partial charge is 0.369 e. The van der Waals surface area contributed by atoms with Crippen LogP contribution in [0.3, 0.4) is 0 Å². The lowest BCUT2D eigenvalue weighted by atomic mass is 9.92. The number of likely N-dealkylation sites (tertiary alicyclic amines) is 1. The fraction of sp³-hybridized carbons (Fsp3) is 0.923. The number of hydrogen-bond acceptors (Lipinski definition) is 3.